The Bertz CT molecular complexity index is 1580. The van der Waals surface area contributed by atoms with Crippen molar-refractivity contribution >= 4 is 36.4 Å². The highest BCUT2D eigenvalue weighted by Gasteiger charge is 2.34. The van der Waals surface area contributed by atoms with Gasteiger partial charge < -0.3 is 20.5 Å². The first-order valence-electron chi connectivity index (χ1n) is 13.4. The number of aromatic nitrogens is 1. The van der Waals surface area contributed by atoms with E-state index in [4.69, 9.17) is 5.84 Å². The Hall–Kier alpha value is -4.64. The molecule has 0 saturated carbocycles. The van der Waals surface area contributed by atoms with Gasteiger partial charge in [-0.15, -0.1) is 0 Å². The van der Waals surface area contributed by atoms with E-state index in [-0.39, 0.29) is 12.5 Å². The minimum Gasteiger partial charge on any atom is -0.347 e. The van der Waals surface area contributed by atoms with E-state index in [0.29, 0.717) is 17.2 Å². The molecular weight excluding hydrogens is 523 g/mol. The lowest BCUT2D eigenvalue weighted by molar-refractivity contribution is -0.315. The molecule has 0 fully saturated rings. The number of hydrogen-bond acceptors (Lipinski definition) is 5. The number of fused-ring (bicyclic) bond motifs is 2. The lowest BCUT2D eigenvalue weighted by Crippen LogP contribution is -2.37. The van der Waals surface area contributed by atoms with Gasteiger partial charge in [-0.3, -0.25) is 20.4 Å². The van der Waals surface area contributed by atoms with Crippen molar-refractivity contribution in [3.8, 4) is 0 Å². The second kappa shape index (κ2) is 11.9. The molecule has 3 aromatic rings. The van der Waals surface area contributed by atoms with Crippen molar-refractivity contribution in [2.75, 3.05) is 10.6 Å². The summed E-state index contributed by atoms with van der Waals surface area (Å²) in [4.78, 5) is 11.5. The maximum Gasteiger partial charge on any atom is 0.553 e. The summed E-state index contributed by atoms with van der Waals surface area (Å²) in [5.41, 5.74) is 8.66. The third-order valence-corrected chi connectivity index (χ3v) is 6.68. The zero-order chi connectivity index (χ0) is 29.1. The van der Waals surface area contributed by atoms with Gasteiger partial charge in [0.15, 0.2) is 0 Å². The van der Waals surface area contributed by atoms with Gasteiger partial charge in [0.25, 0.3) is 5.84 Å². The first-order valence-corrected chi connectivity index (χ1v) is 13.4. The van der Waals surface area contributed by atoms with Crippen LogP contribution < -0.4 is 27.2 Å². The first-order chi connectivity index (χ1) is 19.7. The summed E-state index contributed by atoms with van der Waals surface area (Å²) in [6, 6.07) is 15.2. The third-order valence-electron chi connectivity index (χ3n) is 6.68. The molecule has 0 saturated heterocycles. The van der Waals surface area contributed by atoms with Crippen molar-refractivity contribution in [3.05, 3.63) is 113 Å². The fourth-order valence-corrected chi connectivity index (χ4v) is 4.95. The Labute approximate surface area is 238 Å². The molecule has 3 heterocycles. The molecule has 0 unspecified atom stereocenters. The number of carbonyl (C=O) groups excluding carboxylic acids is 1. The van der Waals surface area contributed by atoms with Crippen LogP contribution >= 0.6 is 0 Å². The van der Waals surface area contributed by atoms with Crippen LogP contribution in [0.3, 0.4) is 0 Å². The van der Waals surface area contributed by atoms with Crippen LogP contribution in [0.15, 0.2) is 84.3 Å². The van der Waals surface area contributed by atoms with E-state index >= 15 is 0 Å². The van der Waals surface area contributed by atoms with Gasteiger partial charge in [-0.05, 0) is 65.9 Å². The molecular formula is C30H32BF2N7O+. The summed E-state index contributed by atoms with van der Waals surface area (Å²) in [6.07, 6.45) is 6.59. The Morgan fingerprint density at radius 1 is 1.07 bits per heavy atom. The largest absolute Gasteiger partial charge is 0.553 e. The van der Waals surface area contributed by atoms with E-state index in [1.165, 1.54) is 19.1 Å². The van der Waals surface area contributed by atoms with Crippen LogP contribution in [-0.4, -0.2) is 28.3 Å². The second-order valence-corrected chi connectivity index (χ2v) is 10.4. The van der Waals surface area contributed by atoms with Crippen molar-refractivity contribution in [2.24, 2.45) is 11.8 Å². The fourth-order valence-electron chi connectivity index (χ4n) is 4.95. The number of anilines is 2. The van der Waals surface area contributed by atoms with Gasteiger partial charge in [0, 0.05) is 47.9 Å². The highest BCUT2D eigenvalue weighted by Crippen LogP contribution is 2.35. The Morgan fingerprint density at radius 2 is 1.80 bits per heavy atom. The van der Waals surface area contributed by atoms with Gasteiger partial charge in [0.2, 0.25) is 5.91 Å². The summed E-state index contributed by atoms with van der Waals surface area (Å²) in [6.45, 7) is 5.95. The van der Waals surface area contributed by atoms with Crippen LogP contribution in [0.5, 0.6) is 0 Å². The number of amides is 1. The number of benzene rings is 2. The molecule has 0 bridgehead atoms. The molecule has 11 heteroatoms. The van der Waals surface area contributed by atoms with Crippen LogP contribution in [0.1, 0.15) is 44.0 Å². The molecule has 6 N–H and O–H groups in total. The first kappa shape index (κ1) is 27.9. The molecule has 41 heavy (non-hydrogen) atoms. The minimum absolute atomic E-state index is 0.137. The lowest BCUT2D eigenvalue weighted by Gasteiger charge is -2.22. The molecule has 0 aliphatic carbocycles. The van der Waals surface area contributed by atoms with Gasteiger partial charge in [0.1, 0.15) is 29.7 Å². The zero-order valence-corrected chi connectivity index (χ0v) is 23.1. The topological polar surface area (TPSA) is 99.1 Å². The van der Waals surface area contributed by atoms with E-state index in [1.54, 1.807) is 0 Å². The summed E-state index contributed by atoms with van der Waals surface area (Å²) in [7, 11) is 1.96. The van der Waals surface area contributed by atoms with Gasteiger partial charge >= 0.3 is 7.55 Å². The van der Waals surface area contributed by atoms with Crippen LogP contribution in [-0.2, 0) is 11.3 Å². The maximum absolute atomic E-state index is 13.8. The summed E-state index contributed by atoms with van der Waals surface area (Å²) in [5, 5.41) is 9.50. The number of nitrogens with zero attached hydrogens (tertiary/aromatic N) is 2. The number of amidine groups is 1. The number of allylic oxidation sites excluding steroid dienone is 2. The molecule has 1 aromatic heterocycles. The molecule has 5 rings (SSSR count). The molecule has 2 aliphatic rings. The van der Waals surface area contributed by atoms with Crippen molar-refractivity contribution < 1.29 is 18.1 Å². The van der Waals surface area contributed by atoms with Crippen LogP contribution in [0.4, 0.5) is 20.3 Å². The fraction of sp³-hybridized carbons (Fsp3) is 0.200. The second-order valence-electron chi connectivity index (χ2n) is 10.4. The molecule has 8 nitrogen and oxygen atoms in total. The van der Waals surface area contributed by atoms with Gasteiger partial charge in [0.05, 0.1) is 0 Å². The Morgan fingerprint density at radius 3 is 2.46 bits per heavy atom. The third kappa shape index (κ3) is 6.25. The molecule has 0 atom stereocenters. The minimum atomic E-state index is -0.617. The highest BCUT2D eigenvalue weighted by atomic mass is 19.1. The van der Waals surface area contributed by atoms with Gasteiger partial charge in [-0.2, -0.15) is 0 Å². The molecule has 0 spiro atoms. The van der Waals surface area contributed by atoms with E-state index < -0.39 is 11.6 Å². The average molecular weight is 555 g/mol. The average Bonchev–Trinajstić information content (AvgIpc) is 3.52. The number of nitrogens with two attached hydrogens (primary N) is 1. The SMILES string of the molecule is CC(=O)Nc1ccc(C2=C3C=CC(NCc4cc(F)cc(F)c4)=[N+]3[B]n3c(NC=C(CC(C)C)NN)ccc32)cc1. The Balaban J connectivity index is 1.53. The number of carbonyl (C=O) groups is 1. The zero-order valence-electron chi connectivity index (χ0n) is 23.1. The van der Waals surface area contributed by atoms with E-state index in [0.717, 1.165) is 52.4 Å². The smallest absolute Gasteiger partial charge is 0.347 e. The lowest BCUT2D eigenvalue weighted by atomic mass is 9.92. The van der Waals surface area contributed by atoms with E-state index in [1.807, 2.05) is 71.3 Å². The summed E-state index contributed by atoms with van der Waals surface area (Å²) < 4.78 is 31.6. The number of halogens is 2. The molecule has 2 aliphatic heterocycles. The summed E-state index contributed by atoms with van der Waals surface area (Å²) in [5.74, 6) is 6.37. The van der Waals surface area contributed by atoms with E-state index in [9.17, 15) is 13.6 Å². The van der Waals surface area contributed by atoms with Crippen molar-refractivity contribution in [1.29, 1.82) is 0 Å². The molecule has 2 aromatic carbocycles. The predicted octanol–water partition coefficient (Wildman–Crippen LogP) is 4.41. The standard InChI is InChI=1S/C30H32BF2N7O/c1-18(2)12-25(38-34)17-36-29-11-9-27-30(21-4-6-24(7-5-21)37-19(3)41)26-8-10-28(39(26)31-40(27)29)35-16-20-13-22(32)15-23(33)14-20/h4-11,13-15,17-18,35-36,38H,12,16,34H2,1-3H3,(H,37,41)/q+1. The molecule has 1 amide bonds. The van der Waals surface area contributed by atoms with Gasteiger partial charge in [-0.1, -0.05) is 26.0 Å². The molecule has 209 valence electrons. The van der Waals surface area contributed by atoms with Crippen molar-refractivity contribution in [3.63, 3.8) is 0 Å². The monoisotopic (exact) mass is 555 g/mol. The normalized spacial score (nSPS) is 14.2. The van der Waals surface area contributed by atoms with Crippen molar-refractivity contribution in [2.45, 2.75) is 33.7 Å². The van der Waals surface area contributed by atoms with Gasteiger partial charge in [-0.25, -0.2) is 8.78 Å². The van der Waals surface area contributed by atoms with E-state index in [2.05, 4.69) is 35.2 Å². The number of hydrogen-bond donors (Lipinski definition) is 5. The van der Waals surface area contributed by atoms with Crippen LogP contribution in [0.25, 0.3) is 5.57 Å². The summed E-state index contributed by atoms with van der Waals surface area (Å²) >= 11 is 0. The quantitative estimate of drug-likeness (QED) is 0.153. The van der Waals surface area contributed by atoms with Crippen LogP contribution in [0.2, 0.25) is 0 Å². The Kier molecular flexibility index (Phi) is 8.07. The van der Waals surface area contributed by atoms with Crippen LogP contribution in [0, 0.1) is 17.6 Å². The predicted molar refractivity (Wildman–Crippen MR) is 158 cm³/mol. The van der Waals surface area contributed by atoms with Crippen molar-refractivity contribution in [1.82, 2.24) is 15.2 Å². The molecule has 1 radical (unpaired) electrons. The maximum atomic E-state index is 13.8. The number of hydrazine groups is 1. The highest BCUT2D eigenvalue weighted by molar-refractivity contribution is 6.30. The number of nitrogens with one attached hydrogen (secondary N) is 4. The number of rotatable bonds is 9.